The maximum atomic E-state index is 5.64. The molecule has 0 amide bonds. The fourth-order valence-electron chi connectivity index (χ4n) is 17.3. The summed E-state index contributed by atoms with van der Waals surface area (Å²) in [5.41, 5.74) is 32.5. The molecule has 4 aliphatic heterocycles. The molecule has 10 aromatic rings. The molecule has 0 saturated carbocycles. The van der Waals surface area contributed by atoms with Crippen molar-refractivity contribution in [1.29, 1.82) is 0 Å². The Hall–Kier alpha value is -11.5. The normalized spacial score (nSPS) is 12.1. The van der Waals surface area contributed by atoms with Gasteiger partial charge in [0.2, 0.25) is 0 Å². The molecule has 14 rings (SSSR count). The van der Waals surface area contributed by atoms with Crippen molar-refractivity contribution in [3.05, 3.63) is 214 Å². The zero-order valence-corrected chi connectivity index (χ0v) is 72.3. The summed E-state index contributed by atoms with van der Waals surface area (Å²) in [6.07, 6.45) is 61.7. The highest BCUT2D eigenvalue weighted by Crippen LogP contribution is 2.40. The minimum atomic E-state index is -2.12. The number of aromatic nitrogens is 12. The second kappa shape index (κ2) is 41.5. The molecule has 14 heteroatoms. The Morgan fingerprint density at radius 3 is 0.653 bits per heavy atom. The molecule has 12 nitrogen and oxygen atoms in total. The lowest BCUT2D eigenvalue weighted by molar-refractivity contribution is 0.668. The van der Waals surface area contributed by atoms with Crippen molar-refractivity contribution >= 4 is 109 Å². The highest BCUT2D eigenvalue weighted by Gasteiger charge is 2.32. The third-order valence-electron chi connectivity index (χ3n) is 23.8. The molecule has 0 unspecified atom stereocenters. The molecule has 4 N–H and O–H groups in total. The minimum absolute atomic E-state index is 0.668. The lowest BCUT2D eigenvalue weighted by atomic mass is 10.1. The third kappa shape index (κ3) is 20.5. The highest BCUT2D eigenvalue weighted by molar-refractivity contribution is 6.87. The standard InChI is InChI=1S/C104H114N12Si2/c1-7-13-19-27-69-117(70-28-20-14-8-2,71-29-21-15-9-3)75-59-83-89-39-47-97(113-89)101(77-51-61-105-62-52-77)93-43-35-85(109-93)81(86-36-44-94(110-86)102(78-53-63-106-64-54-78)98-48-40-90(83)114-98)33-25-26-34-82-87-37-45-95(111-87)103(79-55-65-107-66-56-79)99-49-41-91(115-99)84(60-76-118(72-30-22-16-10-4,73-31-23-17-11-5)74-32-24-18-12-6)92-42-50-100(116-92)104(80-57-67-108-68-58-80)96-46-38-88(82)112-96/h35-58,61-68,109,111,114,116H,7-24,27-32,69-74H2,1-6H3. The molecule has 0 spiro atoms. The average Bonchev–Trinajstić information content (AvgIpc) is 1.63. The number of rotatable bonds is 34. The molecule has 0 atom stereocenters. The quantitative estimate of drug-likeness (QED) is 0.0176. The van der Waals surface area contributed by atoms with Gasteiger partial charge in [-0.15, -0.1) is 11.1 Å². The van der Waals surface area contributed by atoms with Crippen LogP contribution >= 0.6 is 0 Å². The second-order valence-electron chi connectivity index (χ2n) is 32.4. The van der Waals surface area contributed by atoms with Crippen molar-refractivity contribution in [3.8, 4) is 91.1 Å². The van der Waals surface area contributed by atoms with E-state index in [4.69, 9.17) is 19.9 Å². The van der Waals surface area contributed by atoms with Crippen LogP contribution in [0.15, 0.2) is 147 Å². The van der Waals surface area contributed by atoms with Gasteiger partial charge in [-0.25, -0.2) is 19.9 Å². The van der Waals surface area contributed by atoms with E-state index >= 15 is 0 Å². The summed E-state index contributed by atoms with van der Waals surface area (Å²) in [5.74, 6) is 22.1. The van der Waals surface area contributed by atoms with Crippen molar-refractivity contribution < 1.29 is 0 Å². The van der Waals surface area contributed by atoms with Gasteiger partial charge in [-0.1, -0.05) is 207 Å². The first-order valence-electron chi connectivity index (χ1n) is 44.2. The number of aromatic amines is 4. The van der Waals surface area contributed by atoms with E-state index in [1.807, 2.05) is 49.6 Å². The number of nitrogens with zero attached hydrogens (tertiary/aromatic N) is 8. The molecule has 0 radical (unpaired) electrons. The largest absolute Gasteiger partial charge is 0.354 e. The molecule has 0 aromatic carbocycles. The monoisotopic (exact) mass is 1590 g/mol. The first-order valence-corrected chi connectivity index (χ1v) is 49.5. The molecule has 4 aliphatic rings. The lowest BCUT2D eigenvalue weighted by Crippen LogP contribution is -2.32. The van der Waals surface area contributed by atoms with Crippen molar-refractivity contribution in [3.63, 3.8) is 0 Å². The van der Waals surface area contributed by atoms with Gasteiger partial charge in [-0.2, -0.15) is 0 Å². The number of hydrogen-bond donors (Lipinski definition) is 4. The smallest absolute Gasteiger partial charge is 0.138 e. The van der Waals surface area contributed by atoms with Crippen LogP contribution in [-0.4, -0.2) is 76.0 Å². The molecule has 0 saturated heterocycles. The van der Waals surface area contributed by atoms with Crippen LogP contribution in [0.3, 0.4) is 0 Å². The minimum Gasteiger partial charge on any atom is -0.354 e. The van der Waals surface area contributed by atoms with Crippen LogP contribution in [0.1, 0.15) is 263 Å². The van der Waals surface area contributed by atoms with Gasteiger partial charge in [0.1, 0.15) is 16.1 Å². The average molecular weight is 1590 g/mol. The van der Waals surface area contributed by atoms with E-state index in [0.29, 0.717) is 22.5 Å². The number of hydrogen-bond acceptors (Lipinski definition) is 8. The molecule has 14 heterocycles. The van der Waals surface area contributed by atoms with Crippen LogP contribution in [0.2, 0.25) is 36.3 Å². The zero-order valence-electron chi connectivity index (χ0n) is 70.3. The van der Waals surface area contributed by atoms with Crippen LogP contribution in [-0.2, 0) is 0 Å². The Balaban J connectivity index is 0.968. The molecule has 0 aliphatic carbocycles. The van der Waals surface area contributed by atoms with Crippen molar-refractivity contribution in [1.82, 2.24) is 59.8 Å². The topological polar surface area (TPSA) is 166 Å². The third-order valence-corrected chi connectivity index (χ3v) is 33.0. The summed E-state index contributed by atoms with van der Waals surface area (Å²) >= 11 is 0. The van der Waals surface area contributed by atoms with Gasteiger partial charge in [-0.3, -0.25) is 19.9 Å². The maximum Gasteiger partial charge on any atom is 0.138 e. The summed E-state index contributed by atoms with van der Waals surface area (Å²) in [7, 11) is -4.23. The van der Waals surface area contributed by atoms with Gasteiger partial charge in [0.15, 0.2) is 0 Å². The molecule has 598 valence electrons. The van der Waals surface area contributed by atoms with E-state index in [1.54, 1.807) is 0 Å². The lowest BCUT2D eigenvalue weighted by Gasteiger charge is -2.27. The summed E-state index contributed by atoms with van der Waals surface area (Å²) in [5, 5.41) is 0. The van der Waals surface area contributed by atoms with Crippen molar-refractivity contribution in [2.24, 2.45) is 0 Å². The fraction of sp³-hybridized carbons (Fsp3) is 0.346. The number of nitrogens with one attached hydrogen (secondary N) is 4. The summed E-state index contributed by atoms with van der Waals surface area (Å²) < 4.78 is 0. The SMILES string of the molecule is CCCCCC[Si](C#Cc1c2nc(c(-c3ccncc3)c3ccc([nH]3)c(C#CC#Cc3c4nc(c(-c5ccncc5)c5ccc([nH]5)c(C#C[Si](CCCCCC)(CCCCCC)CCCCCC)c5nc(c(-c6ccncc6)c6ccc3[nH]6)C=C5)C=C4)c3nc(c(-c4ccncc4)c4ccc1[nH]4)C=C3)C=C2)(CCCCCC)CCCCCC. The van der Waals surface area contributed by atoms with Gasteiger partial charge < -0.3 is 19.9 Å². The number of pyridine rings is 4. The number of H-pyrrole nitrogens is 4. The molecule has 118 heavy (non-hydrogen) atoms. The predicted octanol–water partition coefficient (Wildman–Crippen LogP) is 27.4. The van der Waals surface area contributed by atoms with Crippen LogP contribution in [0.4, 0.5) is 0 Å². The van der Waals surface area contributed by atoms with Gasteiger partial charge >= 0.3 is 0 Å². The van der Waals surface area contributed by atoms with E-state index in [2.05, 4.69) is 274 Å². The molecule has 0 fully saturated rings. The van der Waals surface area contributed by atoms with Gasteiger partial charge in [-0.05, 0) is 228 Å². The predicted molar refractivity (Wildman–Crippen MR) is 503 cm³/mol. The Morgan fingerprint density at radius 1 is 0.229 bits per heavy atom. The summed E-state index contributed by atoms with van der Waals surface area (Å²) in [6.45, 7) is 13.9. The van der Waals surface area contributed by atoms with Crippen LogP contribution < -0.4 is 0 Å². The molecular formula is C104H114N12Si2. The Kier molecular flexibility index (Phi) is 29.2. The van der Waals surface area contributed by atoms with Gasteiger partial charge in [0.05, 0.1) is 89.9 Å². The summed E-state index contributed by atoms with van der Waals surface area (Å²) in [4.78, 5) is 56.1. The number of unbranched alkanes of at least 4 members (excludes halogenated alkanes) is 18. The van der Waals surface area contributed by atoms with E-state index in [0.717, 1.165) is 134 Å². The highest BCUT2D eigenvalue weighted by atomic mass is 28.3. The molecule has 16 bridgehead atoms. The first-order chi connectivity index (χ1) is 58.2. The summed E-state index contributed by atoms with van der Waals surface area (Å²) in [6, 6.07) is 41.1. The van der Waals surface area contributed by atoms with Gasteiger partial charge in [0, 0.05) is 93.9 Å². The van der Waals surface area contributed by atoms with E-state index < -0.39 is 16.1 Å². The zero-order chi connectivity index (χ0) is 81.1. The Labute approximate surface area is 701 Å². The maximum absolute atomic E-state index is 5.64. The second-order valence-corrected chi connectivity index (χ2v) is 41.0. The first kappa shape index (κ1) is 83.0. The van der Waals surface area contributed by atoms with Crippen LogP contribution in [0, 0.1) is 46.6 Å². The van der Waals surface area contributed by atoms with Crippen LogP contribution in [0.5, 0.6) is 0 Å². The van der Waals surface area contributed by atoms with E-state index in [9.17, 15) is 0 Å². The number of fused-ring (bicyclic) bond motifs is 16. The van der Waals surface area contributed by atoms with Crippen LogP contribution in [0.25, 0.3) is 137 Å². The fourth-order valence-corrected chi connectivity index (χ4v) is 25.9. The van der Waals surface area contributed by atoms with E-state index in [-0.39, 0.29) is 0 Å². The Morgan fingerprint density at radius 2 is 0.432 bits per heavy atom. The molecule has 10 aromatic heterocycles. The molecular weight excluding hydrogens is 1470 g/mol. The van der Waals surface area contributed by atoms with Crippen molar-refractivity contribution in [2.45, 2.75) is 232 Å². The van der Waals surface area contributed by atoms with Gasteiger partial charge in [0.25, 0.3) is 0 Å². The van der Waals surface area contributed by atoms with Crippen molar-refractivity contribution in [2.75, 3.05) is 0 Å². The van der Waals surface area contributed by atoms with E-state index in [1.165, 1.54) is 190 Å². The Bertz CT molecular complexity index is 5410.